The molecular weight excluding hydrogens is 250 g/mol. The second-order valence-corrected chi connectivity index (χ2v) is 5.51. The minimum Gasteiger partial charge on any atom is -0.392 e. The van der Waals surface area contributed by atoms with Gasteiger partial charge in [-0.25, -0.2) is 4.98 Å². The van der Waals surface area contributed by atoms with Crippen LogP contribution in [0.4, 0.5) is 0 Å². The lowest BCUT2D eigenvalue weighted by molar-refractivity contribution is 0.139. The fourth-order valence-electron chi connectivity index (χ4n) is 3.16. The summed E-state index contributed by atoms with van der Waals surface area (Å²) in [5.74, 6) is 1.13. The second kappa shape index (κ2) is 5.75. The van der Waals surface area contributed by atoms with Gasteiger partial charge in [0.05, 0.1) is 6.10 Å². The maximum Gasteiger partial charge on any atom is 0.138 e. The summed E-state index contributed by atoms with van der Waals surface area (Å²) >= 11 is 0. The molecule has 2 unspecified atom stereocenters. The van der Waals surface area contributed by atoms with E-state index in [1.807, 2.05) is 4.68 Å². The van der Waals surface area contributed by atoms with Crippen molar-refractivity contribution in [3.8, 4) is 0 Å². The maximum atomic E-state index is 10.6. The summed E-state index contributed by atoms with van der Waals surface area (Å²) in [6.07, 6.45) is 4.92. The van der Waals surface area contributed by atoms with Crippen LogP contribution < -0.4 is 0 Å². The van der Waals surface area contributed by atoms with Crippen LogP contribution in [0.3, 0.4) is 0 Å². The largest absolute Gasteiger partial charge is 0.392 e. The third kappa shape index (κ3) is 2.48. The summed E-state index contributed by atoms with van der Waals surface area (Å²) in [5, 5.41) is 14.8. The van der Waals surface area contributed by atoms with E-state index in [1.165, 1.54) is 11.1 Å². The van der Waals surface area contributed by atoms with Crippen molar-refractivity contribution in [1.29, 1.82) is 0 Å². The lowest BCUT2D eigenvalue weighted by Crippen LogP contribution is -2.22. The van der Waals surface area contributed by atoms with Crippen LogP contribution in [0.1, 0.15) is 42.6 Å². The SMILES string of the molecule is CCCn1ncnc1CC(O)C1CCc2ccccc21. The molecule has 2 atom stereocenters. The average Bonchev–Trinajstić information content (AvgIpc) is 3.06. The fraction of sp³-hybridized carbons (Fsp3) is 0.500. The fourth-order valence-corrected chi connectivity index (χ4v) is 3.16. The number of fused-ring (bicyclic) bond motifs is 1. The molecule has 0 fully saturated rings. The van der Waals surface area contributed by atoms with Crippen molar-refractivity contribution < 1.29 is 5.11 Å². The van der Waals surface area contributed by atoms with E-state index in [1.54, 1.807) is 6.33 Å². The van der Waals surface area contributed by atoms with Crippen LogP contribution in [-0.2, 0) is 19.4 Å². The van der Waals surface area contributed by atoms with Crippen LogP contribution in [0.2, 0.25) is 0 Å². The standard InChI is InChI=1S/C16H21N3O/c1-2-9-19-16(17-11-18-19)10-15(20)14-8-7-12-5-3-4-6-13(12)14/h3-6,11,14-15,20H,2,7-10H2,1H3. The third-order valence-corrected chi connectivity index (χ3v) is 4.17. The molecule has 3 rings (SSSR count). The first-order valence-electron chi connectivity index (χ1n) is 7.42. The number of nitrogens with zero attached hydrogens (tertiary/aromatic N) is 3. The van der Waals surface area contributed by atoms with Gasteiger partial charge in [-0.05, 0) is 30.4 Å². The highest BCUT2D eigenvalue weighted by Gasteiger charge is 2.29. The highest BCUT2D eigenvalue weighted by Crippen LogP contribution is 2.36. The Morgan fingerprint density at radius 1 is 1.40 bits per heavy atom. The molecule has 106 valence electrons. The van der Waals surface area contributed by atoms with Gasteiger partial charge in [0.1, 0.15) is 12.2 Å². The summed E-state index contributed by atoms with van der Waals surface area (Å²) in [7, 11) is 0. The highest BCUT2D eigenvalue weighted by atomic mass is 16.3. The number of aryl methyl sites for hydroxylation is 2. The molecule has 0 spiro atoms. The van der Waals surface area contributed by atoms with Gasteiger partial charge in [-0.15, -0.1) is 0 Å². The van der Waals surface area contributed by atoms with Gasteiger partial charge in [-0.3, -0.25) is 4.68 Å². The van der Waals surface area contributed by atoms with Gasteiger partial charge in [0.2, 0.25) is 0 Å². The van der Waals surface area contributed by atoms with Crippen molar-refractivity contribution >= 4 is 0 Å². The number of benzene rings is 1. The Labute approximate surface area is 119 Å². The van der Waals surface area contributed by atoms with Crippen molar-refractivity contribution in [2.75, 3.05) is 0 Å². The lowest BCUT2D eigenvalue weighted by atomic mass is 9.93. The van der Waals surface area contributed by atoms with E-state index in [2.05, 4.69) is 41.3 Å². The molecule has 1 aliphatic rings. The Morgan fingerprint density at radius 2 is 2.25 bits per heavy atom. The van der Waals surface area contributed by atoms with Crippen LogP contribution in [-0.4, -0.2) is 26.0 Å². The minimum atomic E-state index is -0.376. The molecule has 0 amide bonds. The van der Waals surface area contributed by atoms with E-state index in [4.69, 9.17) is 0 Å². The van der Waals surface area contributed by atoms with Crippen molar-refractivity contribution in [3.63, 3.8) is 0 Å². The molecular formula is C16H21N3O. The number of rotatable bonds is 5. The molecule has 4 heteroatoms. The summed E-state index contributed by atoms with van der Waals surface area (Å²) in [6.45, 7) is 2.98. The number of hydrogen-bond acceptors (Lipinski definition) is 3. The van der Waals surface area contributed by atoms with Crippen molar-refractivity contribution in [1.82, 2.24) is 14.8 Å². The average molecular weight is 271 g/mol. The summed E-state index contributed by atoms with van der Waals surface area (Å²) in [4.78, 5) is 4.29. The van der Waals surface area contributed by atoms with Crippen molar-refractivity contribution in [3.05, 3.63) is 47.5 Å². The van der Waals surface area contributed by atoms with Crippen molar-refractivity contribution in [2.24, 2.45) is 0 Å². The molecule has 2 aromatic rings. The molecule has 0 radical (unpaired) electrons. The first-order valence-corrected chi connectivity index (χ1v) is 7.42. The Morgan fingerprint density at radius 3 is 3.10 bits per heavy atom. The van der Waals surface area contributed by atoms with Gasteiger partial charge < -0.3 is 5.11 Å². The molecule has 0 saturated carbocycles. The Balaban J connectivity index is 1.74. The first kappa shape index (κ1) is 13.3. The molecule has 1 N–H and O–H groups in total. The summed E-state index contributed by atoms with van der Waals surface area (Å²) in [6, 6.07) is 8.45. The smallest absolute Gasteiger partial charge is 0.138 e. The molecule has 4 nitrogen and oxygen atoms in total. The van der Waals surface area contributed by atoms with Crippen LogP contribution in [0.5, 0.6) is 0 Å². The predicted molar refractivity (Wildman–Crippen MR) is 77.5 cm³/mol. The normalized spacial score (nSPS) is 19.0. The first-order chi connectivity index (χ1) is 9.79. The van der Waals surface area contributed by atoms with Crippen LogP contribution in [0, 0.1) is 0 Å². The zero-order valence-electron chi connectivity index (χ0n) is 11.9. The summed E-state index contributed by atoms with van der Waals surface area (Å²) in [5.41, 5.74) is 2.69. The monoisotopic (exact) mass is 271 g/mol. The highest BCUT2D eigenvalue weighted by molar-refractivity contribution is 5.35. The van der Waals surface area contributed by atoms with E-state index >= 15 is 0 Å². The molecule has 0 saturated heterocycles. The molecule has 1 aromatic heterocycles. The number of aliphatic hydroxyl groups excluding tert-OH is 1. The Kier molecular flexibility index (Phi) is 3.83. The number of aromatic nitrogens is 3. The molecule has 1 aromatic carbocycles. The van der Waals surface area contributed by atoms with Crippen molar-refractivity contribution in [2.45, 2.75) is 51.2 Å². The van der Waals surface area contributed by atoms with E-state index in [-0.39, 0.29) is 12.0 Å². The second-order valence-electron chi connectivity index (χ2n) is 5.51. The topological polar surface area (TPSA) is 50.9 Å². The van der Waals surface area contributed by atoms with E-state index < -0.39 is 0 Å². The number of hydrogen-bond donors (Lipinski definition) is 1. The van der Waals surface area contributed by atoms with E-state index in [0.29, 0.717) is 6.42 Å². The number of aliphatic hydroxyl groups is 1. The zero-order valence-corrected chi connectivity index (χ0v) is 11.9. The third-order valence-electron chi connectivity index (χ3n) is 4.17. The molecule has 20 heavy (non-hydrogen) atoms. The molecule has 1 heterocycles. The van der Waals surface area contributed by atoms with E-state index in [0.717, 1.165) is 31.6 Å². The molecule has 1 aliphatic carbocycles. The van der Waals surface area contributed by atoms with Crippen LogP contribution >= 0.6 is 0 Å². The van der Waals surface area contributed by atoms with E-state index in [9.17, 15) is 5.11 Å². The van der Waals surface area contributed by atoms with Crippen LogP contribution in [0.25, 0.3) is 0 Å². The van der Waals surface area contributed by atoms with Gasteiger partial charge in [0, 0.05) is 18.9 Å². The molecule has 0 bridgehead atoms. The molecule has 0 aliphatic heterocycles. The Bertz CT molecular complexity index is 579. The maximum absolute atomic E-state index is 10.6. The zero-order chi connectivity index (χ0) is 13.9. The summed E-state index contributed by atoms with van der Waals surface area (Å²) < 4.78 is 1.91. The van der Waals surface area contributed by atoms with Gasteiger partial charge in [-0.2, -0.15) is 5.10 Å². The van der Waals surface area contributed by atoms with Gasteiger partial charge in [-0.1, -0.05) is 31.2 Å². The van der Waals surface area contributed by atoms with Gasteiger partial charge in [0.25, 0.3) is 0 Å². The lowest BCUT2D eigenvalue weighted by Gasteiger charge is -2.19. The van der Waals surface area contributed by atoms with Gasteiger partial charge in [0.15, 0.2) is 0 Å². The minimum absolute atomic E-state index is 0.234. The van der Waals surface area contributed by atoms with Gasteiger partial charge >= 0.3 is 0 Å². The predicted octanol–water partition coefficient (Wildman–Crippen LogP) is 2.32. The Hall–Kier alpha value is -1.68. The quantitative estimate of drug-likeness (QED) is 0.908. The van der Waals surface area contributed by atoms with Crippen LogP contribution in [0.15, 0.2) is 30.6 Å².